The van der Waals surface area contributed by atoms with E-state index < -0.39 is 35.4 Å². The lowest BCUT2D eigenvalue weighted by atomic mass is 9.99. The molecule has 3 heterocycles. The molecule has 1 amide bonds. The Hall–Kier alpha value is -3.78. The minimum atomic E-state index is -4.93. The number of hydrogen-bond acceptors (Lipinski definition) is 5. The molecule has 11 heteroatoms. The molecular formula is C23H19F4N5O2. The van der Waals surface area contributed by atoms with Gasteiger partial charge in [0.05, 0.1) is 30.0 Å². The molecule has 7 nitrogen and oxygen atoms in total. The van der Waals surface area contributed by atoms with E-state index in [0.29, 0.717) is 12.6 Å². The molecule has 176 valence electrons. The van der Waals surface area contributed by atoms with Crippen LogP contribution in [0.15, 0.2) is 42.9 Å². The first-order valence-corrected chi connectivity index (χ1v) is 10.2. The summed E-state index contributed by atoms with van der Waals surface area (Å²) >= 11 is 0. The van der Waals surface area contributed by atoms with Gasteiger partial charge in [-0.3, -0.25) is 9.78 Å². The molecule has 2 atom stereocenters. The van der Waals surface area contributed by atoms with Gasteiger partial charge in [-0.25, -0.2) is 9.37 Å². The Morgan fingerprint density at radius 3 is 2.65 bits per heavy atom. The number of amides is 1. The van der Waals surface area contributed by atoms with E-state index in [1.54, 1.807) is 6.92 Å². The first-order chi connectivity index (χ1) is 16.0. The molecular weight excluding hydrogens is 454 g/mol. The number of nitrogens with zero attached hydrogens (tertiary/aromatic N) is 5. The predicted molar refractivity (Wildman–Crippen MR) is 112 cm³/mol. The van der Waals surface area contributed by atoms with E-state index >= 15 is 0 Å². The summed E-state index contributed by atoms with van der Waals surface area (Å²) in [6, 6.07) is 6.58. The molecule has 0 spiro atoms. The van der Waals surface area contributed by atoms with Crippen molar-refractivity contribution in [3.05, 3.63) is 71.3 Å². The first-order valence-electron chi connectivity index (χ1n) is 10.2. The van der Waals surface area contributed by atoms with E-state index in [4.69, 9.17) is 0 Å². The van der Waals surface area contributed by atoms with Gasteiger partial charge in [0.25, 0.3) is 5.91 Å². The van der Waals surface area contributed by atoms with Crippen molar-refractivity contribution in [1.82, 2.24) is 19.4 Å². The summed E-state index contributed by atoms with van der Waals surface area (Å²) in [5.74, 6) is -1.62. The van der Waals surface area contributed by atoms with Gasteiger partial charge in [0.2, 0.25) is 5.60 Å². The van der Waals surface area contributed by atoms with Gasteiger partial charge in [0.1, 0.15) is 11.9 Å². The number of hydrogen-bond donors (Lipinski definition) is 1. The van der Waals surface area contributed by atoms with Crippen LogP contribution < -0.4 is 0 Å². The largest absolute Gasteiger partial charge is 0.424 e. The van der Waals surface area contributed by atoms with Crippen LogP contribution in [0.5, 0.6) is 0 Å². The smallest absolute Gasteiger partial charge is 0.374 e. The molecule has 1 aliphatic rings. The number of carbonyl (C=O) groups is 1. The maximum Gasteiger partial charge on any atom is 0.424 e. The quantitative estimate of drug-likeness (QED) is 0.582. The molecule has 1 unspecified atom stereocenters. The summed E-state index contributed by atoms with van der Waals surface area (Å²) in [5, 5.41) is 19.4. The maximum absolute atomic E-state index is 14.6. The summed E-state index contributed by atoms with van der Waals surface area (Å²) in [4.78, 5) is 22.3. The fourth-order valence-corrected chi connectivity index (χ4v) is 4.07. The SMILES string of the molecule is C[C@H]1CN(C(=O)c2ccc(F)c(-c3ccncc3C#N)c2)Cc2cnc(C(C)(O)C(F)(F)F)n21. The number of alkyl halides is 3. The van der Waals surface area contributed by atoms with E-state index in [2.05, 4.69) is 9.97 Å². The second kappa shape index (κ2) is 8.22. The highest BCUT2D eigenvalue weighted by Crippen LogP contribution is 2.40. The molecule has 0 bridgehead atoms. The van der Waals surface area contributed by atoms with Gasteiger partial charge in [-0.15, -0.1) is 0 Å². The predicted octanol–water partition coefficient (Wildman–Crippen LogP) is 3.94. The number of benzene rings is 1. The number of rotatable bonds is 3. The Morgan fingerprint density at radius 2 is 1.97 bits per heavy atom. The monoisotopic (exact) mass is 473 g/mol. The first kappa shape index (κ1) is 23.4. The van der Waals surface area contributed by atoms with E-state index in [0.717, 1.165) is 6.07 Å². The maximum atomic E-state index is 14.6. The van der Waals surface area contributed by atoms with Crippen LogP contribution in [0.2, 0.25) is 0 Å². The van der Waals surface area contributed by atoms with Crippen LogP contribution in [0.4, 0.5) is 17.6 Å². The Kier molecular flexibility index (Phi) is 5.65. The Balaban J connectivity index is 1.67. The zero-order valence-electron chi connectivity index (χ0n) is 18.1. The third kappa shape index (κ3) is 3.80. The molecule has 2 aromatic heterocycles. The topological polar surface area (TPSA) is 95.0 Å². The van der Waals surface area contributed by atoms with Crippen LogP contribution in [0.1, 0.15) is 47.3 Å². The lowest BCUT2D eigenvalue weighted by molar-refractivity contribution is -0.263. The fraction of sp³-hybridized carbons (Fsp3) is 0.304. The van der Waals surface area contributed by atoms with Crippen molar-refractivity contribution in [2.24, 2.45) is 0 Å². The molecule has 0 aliphatic carbocycles. The zero-order chi connectivity index (χ0) is 24.8. The minimum Gasteiger partial charge on any atom is -0.374 e. The van der Waals surface area contributed by atoms with Crippen LogP contribution in [-0.4, -0.2) is 43.2 Å². The number of imidazole rings is 1. The van der Waals surface area contributed by atoms with Crippen LogP contribution in [0, 0.1) is 17.1 Å². The van der Waals surface area contributed by atoms with E-state index in [1.807, 2.05) is 6.07 Å². The zero-order valence-corrected chi connectivity index (χ0v) is 18.1. The summed E-state index contributed by atoms with van der Waals surface area (Å²) in [5.41, 5.74) is -2.18. The molecule has 1 aromatic carbocycles. The molecule has 0 fully saturated rings. The molecule has 0 radical (unpaired) electrons. The second-order valence-electron chi connectivity index (χ2n) is 8.28. The Labute approximate surface area is 191 Å². The van der Waals surface area contributed by atoms with Gasteiger partial charge < -0.3 is 14.6 Å². The third-order valence-corrected chi connectivity index (χ3v) is 5.87. The third-order valence-electron chi connectivity index (χ3n) is 5.87. The minimum absolute atomic E-state index is 0.0461. The standard InChI is InChI=1S/C23H19F4N5O2/c1-13-11-31(12-16-10-30-21(32(13)16)22(2,34)23(25,26)27)20(33)14-3-4-19(24)18(7-14)17-5-6-29-9-15(17)8-28/h3-7,9-10,13,34H,11-12H2,1-2H3/t13-,22?/m0/s1. The van der Waals surface area contributed by atoms with Crippen molar-refractivity contribution in [3.8, 4) is 17.2 Å². The molecule has 0 saturated carbocycles. The molecule has 0 saturated heterocycles. The van der Waals surface area contributed by atoms with E-state index in [9.17, 15) is 32.7 Å². The molecule has 3 aromatic rings. The highest BCUT2D eigenvalue weighted by molar-refractivity contribution is 5.95. The Bertz CT molecular complexity index is 1310. The lowest BCUT2D eigenvalue weighted by Gasteiger charge is -2.36. The number of fused-ring (bicyclic) bond motifs is 1. The highest BCUT2D eigenvalue weighted by atomic mass is 19.4. The van der Waals surface area contributed by atoms with Crippen molar-refractivity contribution in [3.63, 3.8) is 0 Å². The van der Waals surface area contributed by atoms with Crippen LogP contribution in [-0.2, 0) is 12.1 Å². The molecule has 34 heavy (non-hydrogen) atoms. The van der Waals surface area contributed by atoms with Crippen molar-refractivity contribution in [2.45, 2.75) is 38.2 Å². The van der Waals surface area contributed by atoms with Gasteiger partial charge in [-0.2, -0.15) is 18.4 Å². The van der Waals surface area contributed by atoms with Crippen LogP contribution in [0.25, 0.3) is 11.1 Å². The van der Waals surface area contributed by atoms with Crippen LogP contribution >= 0.6 is 0 Å². The number of pyridine rings is 1. The number of halogens is 4. The number of carbonyl (C=O) groups excluding carboxylic acids is 1. The van der Waals surface area contributed by atoms with Crippen molar-refractivity contribution in [1.29, 1.82) is 5.26 Å². The van der Waals surface area contributed by atoms with Gasteiger partial charge in [-0.1, -0.05) is 0 Å². The lowest BCUT2D eigenvalue weighted by Crippen LogP contribution is -2.45. The second-order valence-corrected chi connectivity index (χ2v) is 8.28. The number of aromatic nitrogens is 3. The summed E-state index contributed by atoms with van der Waals surface area (Å²) in [6.07, 6.45) is -1.02. The highest BCUT2D eigenvalue weighted by Gasteiger charge is 2.55. The fourth-order valence-electron chi connectivity index (χ4n) is 4.07. The van der Waals surface area contributed by atoms with Crippen molar-refractivity contribution in [2.75, 3.05) is 6.54 Å². The van der Waals surface area contributed by atoms with Crippen molar-refractivity contribution >= 4 is 5.91 Å². The average molecular weight is 473 g/mol. The number of nitriles is 1. The average Bonchev–Trinajstić information content (AvgIpc) is 3.23. The summed E-state index contributed by atoms with van der Waals surface area (Å²) < 4.78 is 55.9. The van der Waals surface area contributed by atoms with Gasteiger partial charge >= 0.3 is 6.18 Å². The van der Waals surface area contributed by atoms with E-state index in [-0.39, 0.29) is 35.3 Å². The Morgan fingerprint density at radius 1 is 1.24 bits per heavy atom. The molecule has 4 rings (SSSR count). The van der Waals surface area contributed by atoms with Gasteiger partial charge in [0, 0.05) is 35.6 Å². The summed E-state index contributed by atoms with van der Waals surface area (Å²) in [7, 11) is 0. The molecule has 1 N–H and O–H groups in total. The van der Waals surface area contributed by atoms with Crippen molar-refractivity contribution < 1.29 is 27.5 Å². The normalized spacial score (nSPS) is 17.6. The van der Waals surface area contributed by atoms with E-state index in [1.165, 1.54) is 46.3 Å². The van der Waals surface area contributed by atoms with Gasteiger partial charge in [-0.05, 0) is 38.1 Å². The number of aliphatic hydroxyl groups is 1. The molecule has 1 aliphatic heterocycles. The van der Waals surface area contributed by atoms with Gasteiger partial charge in [0.15, 0.2) is 5.82 Å². The summed E-state index contributed by atoms with van der Waals surface area (Å²) in [6.45, 7) is 2.26. The van der Waals surface area contributed by atoms with Crippen LogP contribution in [0.3, 0.4) is 0 Å².